The van der Waals surface area contributed by atoms with E-state index in [9.17, 15) is 0 Å². The normalized spacial score (nSPS) is 13.0. The van der Waals surface area contributed by atoms with E-state index < -0.39 is 0 Å². The maximum absolute atomic E-state index is 6.67. The van der Waals surface area contributed by atoms with Crippen LogP contribution in [0.1, 0.15) is 49.9 Å². The van der Waals surface area contributed by atoms with Crippen molar-refractivity contribution in [2.24, 2.45) is 0 Å². The second-order valence-electron chi connectivity index (χ2n) is 33.1. The van der Waals surface area contributed by atoms with Crippen LogP contribution in [-0.4, -0.2) is 9.13 Å². The van der Waals surface area contributed by atoms with Gasteiger partial charge in [-0.3, -0.25) is 0 Å². The molecule has 0 atom stereocenters. The van der Waals surface area contributed by atoms with Crippen LogP contribution < -0.4 is 9.80 Å². The van der Waals surface area contributed by atoms with Gasteiger partial charge >= 0.3 is 0 Å². The number of aromatic nitrogens is 2. The van der Waals surface area contributed by atoms with Crippen molar-refractivity contribution in [2.75, 3.05) is 9.80 Å². The van der Waals surface area contributed by atoms with Crippen LogP contribution in [0.4, 0.5) is 34.1 Å². The molecule has 6 heteroatoms. The van der Waals surface area contributed by atoms with E-state index in [1.165, 1.54) is 131 Å². The zero-order chi connectivity index (χ0) is 79.9. The fourth-order valence-electron chi connectivity index (χ4n) is 19.7. The van der Waals surface area contributed by atoms with E-state index in [1.807, 2.05) is 17.4 Å². The van der Waals surface area contributed by atoms with Gasteiger partial charge in [0, 0.05) is 103 Å². The van der Waals surface area contributed by atoms with E-state index in [4.69, 9.17) is 4.42 Å². The van der Waals surface area contributed by atoms with Crippen molar-refractivity contribution in [2.45, 2.75) is 38.5 Å². The number of nitrogens with zero attached hydrogens (tertiary/aromatic N) is 4. The summed E-state index contributed by atoms with van der Waals surface area (Å²) in [6.45, 7) is 9.41. The van der Waals surface area contributed by atoms with Gasteiger partial charge in [0.15, 0.2) is 0 Å². The smallest absolute Gasteiger partial charge is 0.145 e. The highest BCUT2D eigenvalue weighted by molar-refractivity contribution is 7.26. The monoisotopic (exact) mass is 1550 g/mol. The Balaban J connectivity index is 0.000000140. The predicted molar refractivity (Wildman–Crippen MR) is 508 cm³/mol. The van der Waals surface area contributed by atoms with Gasteiger partial charge in [-0.05, 0) is 241 Å². The van der Waals surface area contributed by atoms with Crippen LogP contribution in [0.15, 0.2) is 417 Å². The highest BCUT2D eigenvalue weighted by Crippen LogP contribution is 2.54. The lowest BCUT2D eigenvalue weighted by atomic mass is 9.82. The first-order chi connectivity index (χ1) is 59.0. The van der Waals surface area contributed by atoms with Crippen molar-refractivity contribution >= 4 is 131 Å². The van der Waals surface area contributed by atoms with Crippen LogP contribution in [0.5, 0.6) is 0 Å². The molecule has 18 aromatic carbocycles. The number of furan rings is 1. The molecule has 0 bridgehead atoms. The Bertz CT molecular complexity index is 7320. The SMILES string of the molecule is CC1(C)c2ccccc2-c2ccc(N(c3ccc(-c4ccccc4)cc3)c3ccc(-c4ccc5c(c4)c4c6oc7ccccc7c6ccc4n5-c4ccccc4)cc3)cc21.CC1(C)c2ccccc2-c2ccc(N(c3ccc(-c4ccccc4)cc3)c3ccc(-c4ccc5c(c4)c4c6sc7ccccc7c6ccc4n5-c4ccccc4)cc3)cc21. The van der Waals surface area contributed by atoms with Crippen molar-refractivity contribution in [1.82, 2.24) is 9.13 Å². The Morgan fingerprint density at radius 3 is 1.07 bits per heavy atom. The molecule has 22 aromatic rings. The number of hydrogen-bond acceptors (Lipinski definition) is 4. The van der Waals surface area contributed by atoms with Crippen molar-refractivity contribution in [3.05, 3.63) is 435 Å². The maximum Gasteiger partial charge on any atom is 0.145 e. The van der Waals surface area contributed by atoms with Crippen LogP contribution in [-0.2, 0) is 10.8 Å². The number of para-hydroxylation sites is 3. The predicted octanol–water partition coefficient (Wildman–Crippen LogP) is 32.1. The van der Waals surface area contributed by atoms with Crippen molar-refractivity contribution in [1.29, 1.82) is 0 Å². The lowest BCUT2D eigenvalue weighted by Crippen LogP contribution is -2.16. The van der Waals surface area contributed by atoms with Gasteiger partial charge in [0.2, 0.25) is 0 Å². The molecule has 0 saturated carbocycles. The van der Waals surface area contributed by atoms with E-state index in [-0.39, 0.29) is 10.8 Å². The first kappa shape index (κ1) is 70.6. The van der Waals surface area contributed by atoms with E-state index in [2.05, 4.69) is 453 Å². The molecule has 120 heavy (non-hydrogen) atoms. The number of anilines is 6. The highest BCUT2D eigenvalue weighted by atomic mass is 32.1. The van der Waals surface area contributed by atoms with E-state index in [0.29, 0.717) is 0 Å². The topological polar surface area (TPSA) is 29.5 Å². The molecule has 0 spiro atoms. The van der Waals surface area contributed by atoms with Gasteiger partial charge in [-0.2, -0.15) is 0 Å². The number of rotatable bonds is 12. The minimum absolute atomic E-state index is 0.0989. The molecule has 4 heterocycles. The van der Waals surface area contributed by atoms with Gasteiger partial charge in [0.05, 0.1) is 27.5 Å². The summed E-state index contributed by atoms with van der Waals surface area (Å²) < 4.78 is 14.1. The van der Waals surface area contributed by atoms with Gasteiger partial charge in [-0.15, -0.1) is 11.3 Å². The molecule has 4 aromatic heterocycles. The Labute approximate surface area is 701 Å². The van der Waals surface area contributed by atoms with E-state index >= 15 is 0 Å². The molecule has 0 N–H and O–H groups in total. The fourth-order valence-corrected chi connectivity index (χ4v) is 20.9. The molecule has 0 amide bonds. The summed E-state index contributed by atoms with van der Waals surface area (Å²) in [4.78, 5) is 4.81. The minimum Gasteiger partial charge on any atom is -0.455 e. The second-order valence-corrected chi connectivity index (χ2v) is 34.1. The Kier molecular flexibility index (Phi) is 16.4. The van der Waals surface area contributed by atoms with Gasteiger partial charge in [0.25, 0.3) is 0 Å². The fraction of sp³-hybridized carbons (Fsp3) is 0.0526. The van der Waals surface area contributed by atoms with Crippen LogP contribution in [0.3, 0.4) is 0 Å². The molecule has 568 valence electrons. The highest BCUT2D eigenvalue weighted by Gasteiger charge is 2.38. The third kappa shape index (κ3) is 11.4. The summed E-state index contributed by atoms with van der Waals surface area (Å²) in [5, 5.41) is 9.80. The van der Waals surface area contributed by atoms with Gasteiger partial charge in [-0.1, -0.05) is 289 Å². The Morgan fingerprint density at radius 1 is 0.242 bits per heavy atom. The van der Waals surface area contributed by atoms with Crippen LogP contribution >= 0.6 is 11.3 Å². The Hall–Kier alpha value is -14.8. The molecular weight excluding hydrogens is 1470 g/mol. The second kappa shape index (κ2) is 28.0. The first-order valence-corrected chi connectivity index (χ1v) is 42.3. The zero-order valence-corrected chi connectivity index (χ0v) is 67.7. The third-order valence-electron chi connectivity index (χ3n) is 25.6. The molecule has 2 aliphatic carbocycles. The summed E-state index contributed by atoms with van der Waals surface area (Å²) in [6.07, 6.45) is 0. The molecule has 5 nitrogen and oxygen atoms in total. The zero-order valence-electron chi connectivity index (χ0n) is 66.9. The standard InChI is InChI=1S/C57H40N2O.C57H40N2S/c2*1-57(2)50-19-11-9-17-45(50)46-31-30-44(36-51(46)57)58(42-26-21-38(22-27-42)37-13-5-3-6-14-37)43-28-23-39(24-29-43)40-25-33-52-49(35-40)55-53(59(52)41-15-7-4-8-16-41)34-32-48-47-18-10-12-20-54(47)60-56(48)55/h2*3-36H,1-2H3. The van der Waals surface area contributed by atoms with E-state index in [1.54, 1.807) is 0 Å². The number of hydrogen-bond donors (Lipinski definition) is 0. The van der Waals surface area contributed by atoms with E-state index in [0.717, 1.165) is 89.3 Å². The largest absolute Gasteiger partial charge is 0.455 e. The van der Waals surface area contributed by atoms with Gasteiger partial charge in [-0.25, -0.2) is 0 Å². The molecule has 0 saturated heterocycles. The van der Waals surface area contributed by atoms with Crippen molar-refractivity contribution < 1.29 is 4.42 Å². The third-order valence-corrected chi connectivity index (χ3v) is 26.8. The van der Waals surface area contributed by atoms with Crippen molar-refractivity contribution in [3.63, 3.8) is 0 Å². The molecule has 0 radical (unpaired) electrons. The number of benzene rings is 18. The number of thiophene rings is 1. The first-order valence-electron chi connectivity index (χ1n) is 41.5. The van der Waals surface area contributed by atoms with Crippen molar-refractivity contribution in [3.8, 4) is 78.1 Å². The summed E-state index contributed by atoms with van der Waals surface area (Å²) in [5.41, 5.74) is 35.7. The molecule has 0 fully saturated rings. The summed E-state index contributed by atoms with van der Waals surface area (Å²) in [5.74, 6) is 0. The lowest BCUT2D eigenvalue weighted by Gasteiger charge is -2.28. The number of fused-ring (bicyclic) bond motifs is 20. The van der Waals surface area contributed by atoms with Crippen LogP contribution in [0.2, 0.25) is 0 Å². The molecule has 0 aliphatic heterocycles. The lowest BCUT2D eigenvalue weighted by molar-refractivity contribution is 0.660. The van der Waals surface area contributed by atoms with Gasteiger partial charge < -0.3 is 23.4 Å². The average molecular weight is 1550 g/mol. The maximum atomic E-state index is 6.67. The summed E-state index contributed by atoms with van der Waals surface area (Å²) in [6, 6.07) is 151. The quantitative estimate of drug-likeness (QED) is 0.122. The summed E-state index contributed by atoms with van der Waals surface area (Å²) in [7, 11) is 0. The molecular formula is C114H80N4OS. The summed E-state index contributed by atoms with van der Waals surface area (Å²) >= 11 is 1.90. The molecule has 2 aliphatic rings. The van der Waals surface area contributed by atoms with Gasteiger partial charge in [0.1, 0.15) is 11.2 Å². The molecule has 0 unspecified atom stereocenters. The molecule has 24 rings (SSSR count). The van der Waals surface area contributed by atoms with Crippen LogP contribution in [0, 0.1) is 0 Å². The van der Waals surface area contributed by atoms with Crippen LogP contribution in [0.25, 0.3) is 164 Å². The Morgan fingerprint density at radius 2 is 0.592 bits per heavy atom. The average Bonchev–Trinajstić information content (AvgIpc) is 1.56. The minimum atomic E-state index is -0.106.